The second kappa shape index (κ2) is 8.59. The first kappa shape index (κ1) is 19.4. The third-order valence-electron chi connectivity index (χ3n) is 4.58. The van der Waals surface area contributed by atoms with E-state index in [1.54, 1.807) is 36.6 Å². The first-order valence-corrected chi connectivity index (χ1v) is 9.93. The Kier molecular flexibility index (Phi) is 5.73. The summed E-state index contributed by atoms with van der Waals surface area (Å²) >= 11 is 6.16. The Morgan fingerprint density at radius 1 is 1.17 bits per heavy atom. The highest BCUT2D eigenvalue weighted by Crippen LogP contribution is 2.26. The minimum absolute atomic E-state index is 0.116. The van der Waals surface area contributed by atoms with Gasteiger partial charge in [0.1, 0.15) is 0 Å². The number of benzene rings is 1. The number of nitrogens with one attached hydrogen (secondary N) is 1. The zero-order valence-electron chi connectivity index (χ0n) is 15.8. The van der Waals surface area contributed by atoms with Gasteiger partial charge in [-0.25, -0.2) is 9.97 Å². The van der Waals surface area contributed by atoms with Crippen molar-refractivity contribution in [2.24, 2.45) is 5.73 Å². The van der Waals surface area contributed by atoms with E-state index in [2.05, 4.69) is 20.4 Å². The van der Waals surface area contributed by atoms with Crippen molar-refractivity contribution in [3.63, 3.8) is 0 Å². The smallest absolute Gasteiger partial charge is 0.233 e. The number of aromatic nitrogens is 4. The maximum atomic E-state index is 12.4. The lowest BCUT2D eigenvalue weighted by molar-refractivity contribution is -0.116. The number of hydrogen-bond acceptors (Lipinski definition) is 6. The van der Waals surface area contributed by atoms with Crippen LogP contribution in [-0.4, -0.2) is 32.0 Å². The molecule has 9 heteroatoms. The number of carbonyl (C=O) groups excluding carboxylic acids is 1. The van der Waals surface area contributed by atoms with Gasteiger partial charge in [-0.2, -0.15) is 4.52 Å². The van der Waals surface area contributed by atoms with Crippen molar-refractivity contribution in [1.29, 1.82) is 0 Å². The van der Waals surface area contributed by atoms with Crippen LogP contribution in [0.1, 0.15) is 32.1 Å². The molecule has 0 atom stereocenters. The molecule has 0 saturated carbocycles. The number of rotatable bonds is 8. The second-order valence-corrected chi connectivity index (χ2v) is 7.18. The minimum Gasteiger partial charge on any atom is -0.461 e. The number of halogens is 1. The molecule has 1 aromatic carbocycles. The van der Waals surface area contributed by atoms with E-state index in [9.17, 15) is 4.79 Å². The highest BCUT2D eigenvalue weighted by molar-refractivity contribution is 6.31. The lowest BCUT2D eigenvalue weighted by atomic mass is 10.1. The summed E-state index contributed by atoms with van der Waals surface area (Å²) in [7, 11) is 0. The summed E-state index contributed by atoms with van der Waals surface area (Å²) < 4.78 is 6.93. The summed E-state index contributed by atoms with van der Waals surface area (Å²) in [5.74, 6) is 1.13. The van der Waals surface area contributed by atoms with Gasteiger partial charge in [0.15, 0.2) is 11.4 Å². The number of carbonyl (C=O) groups is 1. The van der Waals surface area contributed by atoms with Crippen molar-refractivity contribution in [3.8, 4) is 11.6 Å². The molecule has 4 aromatic rings. The SMILES string of the molecule is NCCCCCCC(=O)Nc1nc2ccc(Cl)cc2c2nc(-c3ccco3)nn12. The van der Waals surface area contributed by atoms with Crippen molar-refractivity contribution < 1.29 is 9.21 Å². The first-order valence-electron chi connectivity index (χ1n) is 9.55. The molecule has 0 aliphatic carbocycles. The molecule has 3 N–H and O–H groups in total. The van der Waals surface area contributed by atoms with Gasteiger partial charge in [0.25, 0.3) is 0 Å². The zero-order valence-corrected chi connectivity index (χ0v) is 16.5. The number of amides is 1. The van der Waals surface area contributed by atoms with Gasteiger partial charge < -0.3 is 10.2 Å². The van der Waals surface area contributed by atoms with Crippen LogP contribution in [-0.2, 0) is 4.79 Å². The molecule has 4 rings (SSSR count). The van der Waals surface area contributed by atoms with Gasteiger partial charge in [-0.1, -0.05) is 24.4 Å². The van der Waals surface area contributed by atoms with E-state index in [0.717, 1.165) is 31.1 Å². The Morgan fingerprint density at radius 3 is 2.83 bits per heavy atom. The zero-order chi connectivity index (χ0) is 20.2. The minimum atomic E-state index is -0.116. The molecule has 3 aromatic heterocycles. The molecule has 0 aliphatic heterocycles. The topological polar surface area (TPSA) is 111 Å². The predicted octanol–water partition coefficient (Wildman–Crippen LogP) is 4.04. The largest absolute Gasteiger partial charge is 0.461 e. The quantitative estimate of drug-likeness (QED) is 0.422. The van der Waals surface area contributed by atoms with Crippen LogP contribution < -0.4 is 11.1 Å². The Balaban J connectivity index is 1.67. The lowest BCUT2D eigenvalue weighted by Crippen LogP contribution is -2.16. The monoisotopic (exact) mass is 412 g/mol. The van der Waals surface area contributed by atoms with E-state index in [4.69, 9.17) is 21.8 Å². The molecule has 150 valence electrons. The van der Waals surface area contributed by atoms with Gasteiger partial charge in [-0.05, 0) is 49.7 Å². The summed E-state index contributed by atoms with van der Waals surface area (Å²) in [5, 5.41) is 8.66. The van der Waals surface area contributed by atoms with E-state index in [0.29, 0.717) is 46.7 Å². The van der Waals surface area contributed by atoms with E-state index in [1.165, 1.54) is 4.52 Å². The number of nitrogens with two attached hydrogens (primary N) is 1. The number of furan rings is 1. The summed E-state index contributed by atoms with van der Waals surface area (Å²) in [6, 6.07) is 8.86. The molecule has 0 saturated heterocycles. The van der Waals surface area contributed by atoms with Crippen LogP contribution in [0.4, 0.5) is 5.95 Å². The molecule has 0 fully saturated rings. The van der Waals surface area contributed by atoms with Crippen LogP contribution >= 0.6 is 11.6 Å². The van der Waals surface area contributed by atoms with Gasteiger partial charge >= 0.3 is 0 Å². The molecule has 8 nitrogen and oxygen atoms in total. The first-order chi connectivity index (χ1) is 14.2. The fourth-order valence-corrected chi connectivity index (χ4v) is 3.31. The van der Waals surface area contributed by atoms with Crippen molar-refractivity contribution >= 4 is 40.0 Å². The van der Waals surface area contributed by atoms with Crippen LogP contribution in [0.3, 0.4) is 0 Å². The Bertz CT molecular complexity index is 1140. The average Bonchev–Trinajstić information content (AvgIpc) is 3.38. The number of nitrogens with zero attached hydrogens (tertiary/aromatic N) is 4. The van der Waals surface area contributed by atoms with Gasteiger partial charge in [-0.3, -0.25) is 10.1 Å². The number of hydrogen-bond donors (Lipinski definition) is 2. The second-order valence-electron chi connectivity index (χ2n) is 6.75. The van der Waals surface area contributed by atoms with Gasteiger partial charge in [-0.15, -0.1) is 5.10 Å². The molecule has 3 heterocycles. The Morgan fingerprint density at radius 2 is 2.03 bits per heavy atom. The predicted molar refractivity (Wildman–Crippen MR) is 112 cm³/mol. The standard InChI is InChI=1S/C20H21ClN6O2/c21-13-8-9-15-14(12-13)19-25-18(16-6-5-11-29-16)26-27(19)20(23-15)24-17(28)7-3-1-2-4-10-22/h5-6,8-9,11-12H,1-4,7,10,22H2,(H,23,24,28). The molecule has 0 bridgehead atoms. The highest BCUT2D eigenvalue weighted by atomic mass is 35.5. The third-order valence-corrected chi connectivity index (χ3v) is 4.82. The highest BCUT2D eigenvalue weighted by Gasteiger charge is 2.17. The van der Waals surface area contributed by atoms with Gasteiger partial charge in [0.2, 0.25) is 17.7 Å². The molecular weight excluding hydrogens is 392 g/mol. The fraction of sp³-hybridized carbons (Fsp3) is 0.300. The molecule has 0 spiro atoms. The maximum Gasteiger partial charge on any atom is 0.233 e. The third kappa shape index (κ3) is 4.23. The number of fused-ring (bicyclic) bond motifs is 3. The van der Waals surface area contributed by atoms with E-state index < -0.39 is 0 Å². The van der Waals surface area contributed by atoms with Crippen molar-refractivity contribution in [1.82, 2.24) is 19.6 Å². The van der Waals surface area contributed by atoms with Crippen LogP contribution in [0.15, 0.2) is 41.0 Å². The lowest BCUT2D eigenvalue weighted by Gasteiger charge is -2.08. The summed E-state index contributed by atoms with van der Waals surface area (Å²) in [6.07, 6.45) is 5.74. The van der Waals surface area contributed by atoms with Crippen LogP contribution in [0.2, 0.25) is 5.02 Å². The summed E-state index contributed by atoms with van der Waals surface area (Å²) in [6.45, 7) is 0.680. The van der Waals surface area contributed by atoms with Crippen LogP contribution in [0, 0.1) is 0 Å². The van der Waals surface area contributed by atoms with Crippen molar-refractivity contribution in [2.75, 3.05) is 11.9 Å². The average molecular weight is 413 g/mol. The fourth-order valence-electron chi connectivity index (χ4n) is 3.14. The number of unbranched alkanes of at least 4 members (excludes halogenated alkanes) is 3. The molecular formula is C20H21ClN6O2. The van der Waals surface area contributed by atoms with Crippen LogP contribution in [0.5, 0.6) is 0 Å². The van der Waals surface area contributed by atoms with Gasteiger partial charge in [0.05, 0.1) is 11.8 Å². The van der Waals surface area contributed by atoms with E-state index >= 15 is 0 Å². The molecule has 1 amide bonds. The normalized spacial score (nSPS) is 11.4. The van der Waals surface area contributed by atoms with Crippen LogP contribution in [0.25, 0.3) is 28.1 Å². The summed E-state index contributed by atoms with van der Waals surface area (Å²) in [5.41, 5.74) is 6.71. The molecule has 0 unspecified atom stereocenters. The van der Waals surface area contributed by atoms with Gasteiger partial charge in [0, 0.05) is 16.8 Å². The molecule has 29 heavy (non-hydrogen) atoms. The molecule has 0 aliphatic rings. The Labute approximate surface area is 172 Å². The maximum absolute atomic E-state index is 12.4. The summed E-state index contributed by atoms with van der Waals surface area (Å²) in [4.78, 5) is 21.6. The Hall–Kier alpha value is -2.97. The van der Waals surface area contributed by atoms with Crippen molar-refractivity contribution in [3.05, 3.63) is 41.6 Å². The van der Waals surface area contributed by atoms with E-state index in [-0.39, 0.29) is 5.91 Å². The number of anilines is 1. The van der Waals surface area contributed by atoms with Crippen molar-refractivity contribution in [2.45, 2.75) is 32.1 Å². The van der Waals surface area contributed by atoms with E-state index in [1.807, 2.05) is 0 Å². The molecule has 0 radical (unpaired) electrons.